The number of halogens is 6. The van der Waals surface area contributed by atoms with Crippen molar-refractivity contribution in [2.24, 2.45) is 0 Å². The third-order valence-corrected chi connectivity index (χ3v) is 3.94. The van der Waals surface area contributed by atoms with Gasteiger partial charge in [-0.1, -0.05) is 6.07 Å². The van der Waals surface area contributed by atoms with Crippen molar-refractivity contribution in [1.82, 2.24) is 15.0 Å². The van der Waals surface area contributed by atoms with Gasteiger partial charge in [0.15, 0.2) is 5.65 Å². The van der Waals surface area contributed by atoms with Crippen LogP contribution in [0.2, 0.25) is 0 Å². The summed E-state index contributed by atoms with van der Waals surface area (Å²) in [5.74, 6) is -2.24. The van der Waals surface area contributed by atoms with Gasteiger partial charge in [-0.2, -0.15) is 36.3 Å². The Hall–Kier alpha value is -3.84. The van der Waals surface area contributed by atoms with Crippen LogP contribution in [0.25, 0.3) is 22.3 Å². The van der Waals surface area contributed by atoms with Gasteiger partial charge in [0, 0.05) is 7.05 Å². The van der Waals surface area contributed by atoms with Crippen molar-refractivity contribution in [3.05, 3.63) is 35.9 Å². The monoisotopic (exact) mass is 477 g/mol. The molecular weight excluding hydrogens is 460 g/mol. The predicted molar refractivity (Wildman–Crippen MR) is 107 cm³/mol. The minimum absolute atomic E-state index is 0.0272. The van der Waals surface area contributed by atoms with Gasteiger partial charge in [0.2, 0.25) is 5.95 Å². The van der Waals surface area contributed by atoms with E-state index in [0.717, 1.165) is 6.07 Å². The number of aromatic nitrogens is 3. The molecule has 0 aliphatic heterocycles. The summed E-state index contributed by atoms with van der Waals surface area (Å²) in [6.45, 7) is 1.92. The molecule has 0 atom stereocenters. The fraction of sp³-hybridized carbons (Fsp3) is 0.263. The number of hydrogen-bond donors (Lipinski definition) is 3. The molecule has 178 valence electrons. The number of aliphatic carboxylic acids is 1. The average molecular weight is 477 g/mol. The van der Waals surface area contributed by atoms with Crippen LogP contribution in [0.4, 0.5) is 38.1 Å². The number of anilines is 2. The Morgan fingerprint density at radius 3 is 2.24 bits per heavy atom. The molecule has 14 heteroatoms. The minimum Gasteiger partial charge on any atom is -0.493 e. The Morgan fingerprint density at radius 2 is 1.73 bits per heavy atom. The second-order valence-electron chi connectivity index (χ2n) is 6.16. The third kappa shape index (κ3) is 6.11. The number of nitrogens with one attached hydrogen (secondary N) is 1. The van der Waals surface area contributed by atoms with Gasteiger partial charge in [-0.3, -0.25) is 0 Å². The molecule has 0 amide bonds. The maximum absolute atomic E-state index is 13.5. The molecule has 0 spiro atoms. The van der Waals surface area contributed by atoms with Gasteiger partial charge in [0.05, 0.1) is 28.8 Å². The number of carboxylic acid groups (broad SMARTS) is 1. The molecule has 3 rings (SSSR count). The second kappa shape index (κ2) is 9.75. The Bertz CT molecular complexity index is 1150. The lowest BCUT2D eigenvalue weighted by Gasteiger charge is -2.17. The molecule has 0 unspecified atom stereocenters. The molecule has 0 saturated carbocycles. The SMILES string of the molecule is CCOc1cccc(C(F)(F)F)c1-c1ccc2c(NC)nc(N)nc2n1.O=C(O)C(F)(F)F. The van der Waals surface area contributed by atoms with E-state index in [1.165, 1.54) is 18.2 Å². The lowest BCUT2D eigenvalue weighted by Crippen LogP contribution is -2.21. The standard InChI is InChI=1S/C17H16F3N5O.C2HF3O2/c1-3-26-12-6-4-5-10(17(18,19)20)13(12)11-8-7-9-14(22-2)24-16(21)25-15(9)23-11;3-2(4,5)1(6)7/h4-8H,3H2,1-2H3,(H3,21,22,23,24,25);(H,6,7). The molecule has 8 nitrogen and oxygen atoms in total. The first kappa shape index (κ1) is 25.4. The summed E-state index contributed by atoms with van der Waals surface area (Å²) in [5, 5.41) is 10.5. The summed E-state index contributed by atoms with van der Waals surface area (Å²) >= 11 is 0. The number of pyridine rings is 1. The number of carbonyl (C=O) groups is 1. The van der Waals surface area contributed by atoms with Crippen molar-refractivity contribution < 1.29 is 41.0 Å². The maximum atomic E-state index is 13.5. The van der Waals surface area contributed by atoms with Gasteiger partial charge < -0.3 is 20.9 Å². The number of rotatable bonds is 4. The van der Waals surface area contributed by atoms with E-state index < -0.39 is 23.9 Å². The van der Waals surface area contributed by atoms with Gasteiger partial charge in [-0.15, -0.1) is 0 Å². The molecular formula is C19H17F6N5O3. The maximum Gasteiger partial charge on any atom is 0.490 e. The molecule has 33 heavy (non-hydrogen) atoms. The van der Waals surface area contributed by atoms with Crippen LogP contribution in [-0.2, 0) is 11.0 Å². The van der Waals surface area contributed by atoms with E-state index in [-0.39, 0.29) is 35.2 Å². The molecule has 2 heterocycles. The molecule has 0 aliphatic carbocycles. The topological polar surface area (TPSA) is 123 Å². The zero-order chi connectivity index (χ0) is 25.0. The van der Waals surface area contributed by atoms with Gasteiger partial charge >= 0.3 is 18.3 Å². The summed E-state index contributed by atoms with van der Waals surface area (Å²) < 4.78 is 77.7. The van der Waals surface area contributed by atoms with Crippen molar-refractivity contribution in [1.29, 1.82) is 0 Å². The van der Waals surface area contributed by atoms with Crippen LogP contribution in [0.1, 0.15) is 12.5 Å². The van der Waals surface area contributed by atoms with Crippen molar-refractivity contribution >= 4 is 28.8 Å². The fourth-order valence-electron chi connectivity index (χ4n) is 2.66. The van der Waals surface area contributed by atoms with Crippen molar-refractivity contribution in [2.45, 2.75) is 19.3 Å². The summed E-state index contributed by atoms with van der Waals surface area (Å²) in [4.78, 5) is 21.2. The normalized spacial score (nSPS) is 11.5. The number of carboxylic acids is 1. The Balaban J connectivity index is 0.000000479. The van der Waals surface area contributed by atoms with Crippen LogP contribution >= 0.6 is 0 Å². The van der Waals surface area contributed by atoms with Gasteiger partial charge in [0.1, 0.15) is 11.6 Å². The van der Waals surface area contributed by atoms with Crippen molar-refractivity contribution in [3.63, 3.8) is 0 Å². The molecule has 2 aromatic heterocycles. The molecule has 0 aliphatic rings. The molecule has 0 bridgehead atoms. The highest BCUT2D eigenvalue weighted by Gasteiger charge is 2.38. The lowest BCUT2D eigenvalue weighted by atomic mass is 10.0. The van der Waals surface area contributed by atoms with Crippen LogP contribution < -0.4 is 15.8 Å². The minimum atomic E-state index is -5.08. The van der Waals surface area contributed by atoms with E-state index in [2.05, 4.69) is 20.3 Å². The van der Waals surface area contributed by atoms with E-state index in [1.807, 2.05) is 0 Å². The van der Waals surface area contributed by atoms with Gasteiger partial charge in [0.25, 0.3) is 0 Å². The number of hydrogen-bond acceptors (Lipinski definition) is 7. The quantitative estimate of drug-likeness (QED) is 0.474. The molecule has 4 N–H and O–H groups in total. The smallest absolute Gasteiger partial charge is 0.490 e. The zero-order valence-corrected chi connectivity index (χ0v) is 17.0. The van der Waals surface area contributed by atoms with Crippen LogP contribution in [0.15, 0.2) is 30.3 Å². The summed E-state index contributed by atoms with van der Waals surface area (Å²) in [6.07, 6.45) is -9.64. The highest BCUT2D eigenvalue weighted by Crippen LogP contribution is 2.42. The van der Waals surface area contributed by atoms with Gasteiger partial charge in [-0.25, -0.2) is 9.78 Å². The van der Waals surface area contributed by atoms with Crippen LogP contribution in [0.5, 0.6) is 5.75 Å². The molecule has 3 aromatic rings. The highest BCUT2D eigenvalue weighted by atomic mass is 19.4. The molecule has 0 radical (unpaired) electrons. The number of nitrogen functional groups attached to an aromatic ring is 1. The first-order chi connectivity index (χ1) is 15.3. The highest BCUT2D eigenvalue weighted by molar-refractivity contribution is 5.89. The van der Waals surface area contributed by atoms with Crippen molar-refractivity contribution in [3.8, 4) is 17.0 Å². The van der Waals surface area contributed by atoms with E-state index in [4.69, 9.17) is 20.4 Å². The number of ether oxygens (including phenoxy) is 1. The molecule has 0 saturated heterocycles. The van der Waals surface area contributed by atoms with Crippen LogP contribution in [-0.4, -0.2) is 45.9 Å². The third-order valence-electron chi connectivity index (χ3n) is 3.94. The second-order valence-corrected chi connectivity index (χ2v) is 6.16. The predicted octanol–water partition coefficient (Wildman–Crippen LogP) is 4.37. The largest absolute Gasteiger partial charge is 0.493 e. The lowest BCUT2D eigenvalue weighted by molar-refractivity contribution is -0.192. The number of alkyl halides is 6. The van der Waals surface area contributed by atoms with E-state index in [0.29, 0.717) is 11.2 Å². The summed E-state index contributed by atoms with van der Waals surface area (Å²) in [7, 11) is 1.65. The van der Waals surface area contributed by atoms with E-state index in [9.17, 15) is 26.3 Å². The van der Waals surface area contributed by atoms with Crippen LogP contribution in [0, 0.1) is 0 Å². The average Bonchev–Trinajstić information content (AvgIpc) is 2.71. The Kier molecular flexibility index (Phi) is 7.51. The van der Waals surface area contributed by atoms with Gasteiger partial charge in [-0.05, 0) is 31.2 Å². The summed E-state index contributed by atoms with van der Waals surface area (Å²) in [5.41, 5.74) is 4.98. The number of fused-ring (bicyclic) bond motifs is 1. The van der Waals surface area contributed by atoms with E-state index >= 15 is 0 Å². The molecule has 1 aromatic carbocycles. The number of nitrogens with two attached hydrogens (primary N) is 1. The molecule has 0 fully saturated rings. The first-order valence-electron chi connectivity index (χ1n) is 9.05. The Morgan fingerprint density at radius 1 is 1.09 bits per heavy atom. The number of benzene rings is 1. The zero-order valence-electron chi connectivity index (χ0n) is 17.0. The first-order valence-corrected chi connectivity index (χ1v) is 9.05. The van der Waals surface area contributed by atoms with E-state index in [1.54, 1.807) is 20.0 Å². The number of nitrogens with zero attached hydrogens (tertiary/aromatic N) is 3. The fourth-order valence-corrected chi connectivity index (χ4v) is 2.66. The summed E-state index contributed by atoms with van der Waals surface area (Å²) in [6, 6.07) is 6.86. The van der Waals surface area contributed by atoms with Crippen molar-refractivity contribution in [2.75, 3.05) is 24.7 Å². The Labute approximate surface area is 182 Å². The van der Waals surface area contributed by atoms with Crippen LogP contribution in [0.3, 0.4) is 0 Å².